The first-order valence-corrected chi connectivity index (χ1v) is 7.96. The van der Waals surface area contributed by atoms with Crippen LogP contribution in [0.3, 0.4) is 0 Å². The summed E-state index contributed by atoms with van der Waals surface area (Å²) in [5, 5.41) is 1.50. The van der Waals surface area contributed by atoms with E-state index in [9.17, 15) is 12.8 Å². The van der Waals surface area contributed by atoms with Crippen molar-refractivity contribution < 1.29 is 17.5 Å². The number of hydrogen-bond acceptors (Lipinski definition) is 5. The minimum absolute atomic E-state index is 0.114. The van der Waals surface area contributed by atoms with Crippen molar-refractivity contribution in [2.75, 3.05) is 11.8 Å². The van der Waals surface area contributed by atoms with Crippen LogP contribution < -0.4 is 15.2 Å². The minimum Gasteiger partial charge on any atom is -0.494 e. The van der Waals surface area contributed by atoms with Gasteiger partial charge in [0.2, 0.25) is 0 Å². The maximum atomic E-state index is 13.1. The fraction of sp³-hybridized carbons (Fsp3) is 0.167. The van der Waals surface area contributed by atoms with Crippen LogP contribution in [0.1, 0.15) is 4.88 Å². The third kappa shape index (κ3) is 3.09. The van der Waals surface area contributed by atoms with Crippen molar-refractivity contribution in [3.63, 3.8) is 0 Å². The molecule has 0 aliphatic carbocycles. The van der Waals surface area contributed by atoms with Gasteiger partial charge >= 0.3 is 0 Å². The molecule has 0 bridgehead atoms. The highest BCUT2D eigenvalue weighted by molar-refractivity contribution is 7.92. The van der Waals surface area contributed by atoms with E-state index in [1.165, 1.54) is 36.0 Å². The van der Waals surface area contributed by atoms with Gasteiger partial charge < -0.3 is 10.5 Å². The largest absolute Gasteiger partial charge is 0.494 e. The number of nitrogens with one attached hydrogen (secondary N) is 1. The van der Waals surface area contributed by atoms with Crippen LogP contribution in [-0.4, -0.2) is 15.5 Å². The van der Waals surface area contributed by atoms with Crippen LogP contribution in [0, 0.1) is 5.82 Å². The quantitative estimate of drug-likeness (QED) is 0.885. The molecule has 0 saturated carbocycles. The van der Waals surface area contributed by atoms with Crippen molar-refractivity contribution in [2.45, 2.75) is 11.4 Å². The second-order valence-electron chi connectivity index (χ2n) is 3.90. The molecule has 0 fully saturated rings. The Balaban J connectivity index is 2.33. The predicted molar refractivity (Wildman–Crippen MR) is 76.0 cm³/mol. The van der Waals surface area contributed by atoms with E-state index in [4.69, 9.17) is 10.5 Å². The first kappa shape index (κ1) is 14.8. The first-order chi connectivity index (χ1) is 9.46. The number of sulfonamides is 1. The number of methoxy groups -OCH3 is 1. The lowest BCUT2D eigenvalue weighted by molar-refractivity contribution is 0.413. The number of nitrogens with two attached hydrogens (primary N) is 1. The number of hydrogen-bond donors (Lipinski definition) is 2. The second-order valence-corrected chi connectivity index (χ2v) is 6.58. The summed E-state index contributed by atoms with van der Waals surface area (Å²) in [6.07, 6.45) is 0. The van der Waals surface area contributed by atoms with Gasteiger partial charge in [-0.1, -0.05) is 0 Å². The molecule has 1 aromatic heterocycles. The lowest BCUT2D eigenvalue weighted by Crippen LogP contribution is -2.13. The van der Waals surface area contributed by atoms with Crippen LogP contribution in [-0.2, 0) is 16.6 Å². The Morgan fingerprint density at radius 1 is 1.40 bits per heavy atom. The Morgan fingerprint density at radius 3 is 2.75 bits per heavy atom. The maximum absolute atomic E-state index is 13.1. The summed E-state index contributed by atoms with van der Waals surface area (Å²) in [7, 11) is -2.41. The maximum Gasteiger partial charge on any atom is 0.262 e. The van der Waals surface area contributed by atoms with E-state index >= 15 is 0 Å². The Bertz CT molecular complexity index is 713. The number of rotatable bonds is 5. The molecule has 8 heteroatoms. The Morgan fingerprint density at radius 2 is 2.15 bits per heavy atom. The fourth-order valence-corrected chi connectivity index (χ4v) is 3.79. The third-order valence-corrected chi connectivity index (χ3v) is 5.00. The van der Waals surface area contributed by atoms with Crippen molar-refractivity contribution in [3.8, 4) is 5.75 Å². The van der Waals surface area contributed by atoms with Crippen LogP contribution >= 0.6 is 11.3 Å². The smallest absolute Gasteiger partial charge is 0.262 e. The molecule has 2 rings (SSSR count). The molecule has 1 aromatic carbocycles. The van der Waals surface area contributed by atoms with Crippen molar-refractivity contribution in [3.05, 3.63) is 40.3 Å². The Hall–Kier alpha value is -1.64. The summed E-state index contributed by atoms with van der Waals surface area (Å²) in [5.41, 5.74) is 5.63. The van der Waals surface area contributed by atoms with Gasteiger partial charge in [-0.2, -0.15) is 0 Å². The second kappa shape index (κ2) is 5.78. The molecule has 2 aromatic rings. The molecule has 0 radical (unpaired) electrons. The summed E-state index contributed by atoms with van der Waals surface area (Å²) in [6.45, 7) is 0.278. The van der Waals surface area contributed by atoms with E-state index in [1.54, 1.807) is 0 Å². The van der Waals surface area contributed by atoms with Crippen molar-refractivity contribution >= 4 is 27.0 Å². The Kier molecular flexibility index (Phi) is 4.26. The van der Waals surface area contributed by atoms with Gasteiger partial charge in [-0.05, 0) is 18.2 Å². The van der Waals surface area contributed by atoms with Crippen molar-refractivity contribution in [1.82, 2.24) is 0 Å². The zero-order valence-electron chi connectivity index (χ0n) is 10.6. The standard InChI is InChI=1S/C12H13FN2O3S2/c1-18-12-4-8(13)2-3-11(12)15-20(16,17)10-5-9(6-14)19-7-10/h2-5,7,15H,6,14H2,1H3. The average Bonchev–Trinajstić information content (AvgIpc) is 2.90. The molecule has 108 valence electrons. The topological polar surface area (TPSA) is 81.4 Å². The predicted octanol–water partition coefficient (Wildman–Crippen LogP) is 2.16. The van der Waals surface area contributed by atoms with E-state index in [2.05, 4.69) is 4.72 Å². The molecule has 0 amide bonds. The van der Waals surface area contributed by atoms with E-state index in [1.807, 2.05) is 0 Å². The van der Waals surface area contributed by atoms with Crippen LogP contribution in [0.5, 0.6) is 5.75 Å². The lowest BCUT2D eigenvalue weighted by Gasteiger charge is -2.10. The molecule has 1 heterocycles. The van der Waals surface area contributed by atoms with Gasteiger partial charge in [-0.15, -0.1) is 11.3 Å². The van der Waals surface area contributed by atoms with Crippen LogP contribution in [0.25, 0.3) is 0 Å². The molecule has 20 heavy (non-hydrogen) atoms. The number of benzene rings is 1. The number of ether oxygens (including phenoxy) is 1. The highest BCUT2D eigenvalue weighted by Gasteiger charge is 2.18. The van der Waals surface area contributed by atoms with Crippen LogP contribution in [0.2, 0.25) is 0 Å². The monoisotopic (exact) mass is 316 g/mol. The molecular weight excluding hydrogens is 303 g/mol. The van der Waals surface area contributed by atoms with E-state index in [0.717, 1.165) is 17.0 Å². The number of halogens is 1. The Labute approximate surface area is 120 Å². The fourth-order valence-electron chi connectivity index (χ4n) is 1.56. The summed E-state index contributed by atoms with van der Waals surface area (Å²) in [6, 6.07) is 5.07. The summed E-state index contributed by atoms with van der Waals surface area (Å²) in [4.78, 5) is 0.880. The van der Waals surface area contributed by atoms with E-state index < -0.39 is 15.8 Å². The molecular formula is C12H13FN2O3S2. The zero-order chi connectivity index (χ0) is 14.8. The van der Waals surface area contributed by atoms with Gasteiger partial charge in [-0.3, -0.25) is 4.72 Å². The van der Waals surface area contributed by atoms with E-state index in [0.29, 0.717) is 0 Å². The molecule has 0 aliphatic heterocycles. The van der Waals surface area contributed by atoms with Gasteiger partial charge in [0.05, 0.1) is 17.7 Å². The highest BCUT2D eigenvalue weighted by Crippen LogP contribution is 2.28. The van der Waals surface area contributed by atoms with Gasteiger partial charge in [0.15, 0.2) is 0 Å². The molecule has 3 N–H and O–H groups in total. The molecule has 0 spiro atoms. The molecule has 5 nitrogen and oxygen atoms in total. The van der Waals surface area contributed by atoms with Crippen LogP contribution in [0.15, 0.2) is 34.5 Å². The van der Waals surface area contributed by atoms with Gasteiger partial charge in [-0.25, -0.2) is 12.8 Å². The van der Waals surface area contributed by atoms with Crippen molar-refractivity contribution in [1.29, 1.82) is 0 Å². The van der Waals surface area contributed by atoms with Gasteiger partial charge in [0.25, 0.3) is 10.0 Å². The number of anilines is 1. The highest BCUT2D eigenvalue weighted by atomic mass is 32.2. The zero-order valence-corrected chi connectivity index (χ0v) is 12.2. The summed E-state index contributed by atoms with van der Waals surface area (Å²) >= 11 is 1.26. The van der Waals surface area contributed by atoms with Gasteiger partial charge in [0, 0.05) is 22.9 Å². The SMILES string of the molecule is COc1cc(F)ccc1NS(=O)(=O)c1csc(CN)c1. The number of thiophene rings is 1. The lowest BCUT2D eigenvalue weighted by atomic mass is 10.3. The average molecular weight is 316 g/mol. The molecule has 0 unspecified atom stereocenters. The molecule has 0 saturated heterocycles. The van der Waals surface area contributed by atoms with Crippen LogP contribution in [0.4, 0.5) is 10.1 Å². The minimum atomic E-state index is -3.75. The van der Waals surface area contributed by atoms with Crippen molar-refractivity contribution in [2.24, 2.45) is 5.73 Å². The summed E-state index contributed by atoms with van der Waals surface area (Å²) < 4.78 is 44.8. The van der Waals surface area contributed by atoms with Gasteiger partial charge in [0.1, 0.15) is 11.6 Å². The first-order valence-electron chi connectivity index (χ1n) is 5.60. The summed E-state index contributed by atoms with van der Waals surface area (Å²) in [5.74, 6) is -0.395. The molecule has 0 aliphatic rings. The molecule has 0 atom stereocenters. The van der Waals surface area contributed by atoms with E-state index in [-0.39, 0.29) is 22.9 Å². The normalized spacial score (nSPS) is 11.3. The third-order valence-electron chi connectivity index (χ3n) is 2.55.